The largest absolute Gasteiger partial charge is 0.329 e. The van der Waals surface area contributed by atoms with Crippen LogP contribution in [0.4, 0.5) is 0 Å². The van der Waals surface area contributed by atoms with Gasteiger partial charge >= 0.3 is 0 Å². The smallest absolute Gasteiger partial charge is 0.0249 e. The molecule has 78 valence electrons. The molecule has 2 N–H and O–H groups in total. The van der Waals surface area contributed by atoms with Gasteiger partial charge in [0, 0.05) is 24.1 Å². The van der Waals surface area contributed by atoms with Crippen molar-refractivity contribution in [3.63, 3.8) is 0 Å². The highest BCUT2D eigenvalue weighted by atomic mass is 79.9. The molecule has 0 saturated carbocycles. The average molecular weight is 257 g/mol. The molecule has 2 nitrogen and oxygen atoms in total. The SMILES string of the molecule is Cc1cccc(CN(C)CCN)c1Br. The Morgan fingerprint density at radius 2 is 2.14 bits per heavy atom. The minimum atomic E-state index is 0.708. The summed E-state index contributed by atoms with van der Waals surface area (Å²) < 4.78 is 1.21. The van der Waals surface area contributed by atoms with Crippen LogP contribution in [0.15, 0.2) is 22.7 Å². The van der Waals surface area contributed by atoms with Gasteiger partial charge in [-0.1, -0.05) is 34.1 Å². The van der Waals surface area contributed by atoms with Crippen LogP contribution in [0.25, 0.3) is 0 Å². The maximum absolute atomic E-state index is 5.50. The van der Waals surface area contributed by atoms with Gasteiger partial charge in [0.2, 0.25) is 0 Å². The molecule has 0 bridgehead atoms. The van der Waals surface area contributed by atoms with E-state index in [2.05, 4.69) is 53.0 Å². The lowest BCUT2D eigenvalue weighted by Gasteiger charge is -2.17. The first-order valence-corrected chi connectivity index (χ1v) is 5.57. The molecule has 0 aliphatic rings. The molecule has 0 amide bonds. The Kier molecular flexibility index (Phi) is 4.58. The maximum atomic E-state index is 5.50. The number of halogens is 1. The molecule has 0 radical (unpaired) electrons. The molecule has 0 fully saturated rings. The maximum Gasteiger partial charge on any atom is 0.0249 e. The summed E-state index contributed by atoms with van der Waals surface area (Å²) >= 11 is 3.60. The number of hydrogen-bond donors (Lipinski definition) is 1. The van der Waals surface area contributed by atoms with Crippen molar-refractivity contribution in [2.75, 3.05) is 20.1 Å². The zero-order valence-corrected chi connectivity index (χ0v) is 10.3. The van der Waals surface area contributed by atoms with Crippen molar-refractivity contribution < 1.29 is 0 Å². The highest BCUT2D eigenvalue weighted by Crippen LogP contribution is 2.21. The predicted octanol–water partition coefficient (Wildman–Crippen LogP) is 2.15. The summed E-state index contributed by atoms with van der Waals surface area (Å²) in [4.78, 5) is 2.22. The van der Waals surface area contributed by atoms with Crippen molar-refractivity contribution >= 4 is 15.9 Å². The first-order chi connectivity index (χ1) is 6.65. The monoisotopic (exact) mass is 256 g/mol. The number of aryl methyl sites for hydroxylation is 1. The molecule has 0 aromatic heterocycles. The Morgan fingerprint density at radius 3 is 2.79 bits per heavy atom. The second-order valence-corrected chi connectivity index (χ2v) is 4.37. The summed E-state index contributed by atoms with van der Waals surface area (Å²) in [5.41, 5.74) is 8.10. The zero-order chi connectivity index (χ0) is 10.6. The van der Waals surface area contributed by atoms with Gasteiger partial charge in [0.05, 0.1) is 0 Å². The van der Waals surface area contributed by atoms with Crippen molar-refractivity contribution in [1.82, 2.24) is 4.90 Å². The van der Waals surface area contributed by atoms with Crippen LogP contribution in [0.1, 0.15) is 11.1 Å². The second-order valence-electron chi connectivity index (χ2n) is 3.57. The number of rotatable bonds is 4. The molecule has 0 aliphatic heterocycles. The molecule has 1 aromatic carbocycles. The van der Waals surface area contributed by atoms with E-state index in [1.54, 1.807) is 0 Å². The Labute approximate surface area is 94.2 Å². The molecule has 3 heteroatoms. The van der Waals surface area contributed by atoms with Crippen molar-refractivity contribution in [2.24, 2.45) is 5.73 Å². The van der Waals surface area contributed by atoms with E-state index >= 15 is 0 Å². The minimum absolute atomic E-state index is 0.708. The molecule has 0 aliphatic carbocycles. The summed E-state index contributed by atoms with van der Waals surface area (Å²) in [6.07, 6.45) is 0. The highest BCUT2D eigenvalue weighted by Gasteiger charge is 2.04. The number of benzene rings is 1. The zero-order valence-electron chi connectivity index (χ0n) is 8.76. The summed E-state index contributed by atoms with van der Waals surface area (Å²) in [5, 5.41) is 0. The lowest BCUT2D eigenvalue weighted by Crippen LogP contribution is -2.25. The van der Waals surface area contributed by atoms with Gasteiger partial charge in [0.15, 0.2) is 0 Å². The minimum Gasteiger partial charge on any atom is -0.329 e. The van der Waals surface area contributed by atoms with Gasteiger partial charge in [-0.2, -0.15) is 0 Å². The van der Waals surface area contributed by atoms with Crippen LogP contribution in [0.2, 0.25) is 0 Å². The van der Waals surface area contributed by atoms with Gasteiger partial charge in [0.1, 0.15) is 0 Å². The van der Waals surface area contributed by atoms with Gasteiger partial charge in [-0.05, 0) is 25.1 Å². The van der Waals surface area contributed by atoms with E-state index in [1.807, 2.05) is 0 Å². The van der Waals surface area contributed by atoms with Gasteiger partial charge < -0.3 is 10.6 Å². The van der Waals surface area contributed by atoms with Crippen LogP contribution in [0.3, 0.4) is 0 Å². The van der Waals surface area contributed by atoms with Crippen LogP contribution in [0.5, 0.6) is 0 Å². The van der Waals surface area contributed by atoms with Crippen LogP contribution >= 0.6 is 15.9 Å². The molecule has 0 spiro atoms. The molecular weight excluding hydrogens is 240 g/mol. The summed E-state index contributed by atoms with van der Waals surface area (Å²) in [7, 11) is 2.08. The summed E-state index contributed by atoms with van der Waals surface area (Å²) in [6, 6.07) is 6.34. The Balaban J connectivity index is 2.71. The number of likely N-dealkylation sites (N-methyl/N-ethyl adjacent to an activating group) is 1. The summed E-state index contributed by atoms with van der Waals surface area (Å²) in [6.45, 7) is 4.69. The van der Waals surface area contributed by atoms with Crippen molar-refractivity contribution in [2.45, 2.75) is 13.5 Å². The van der Waals surface area contributed by atoms with E-state index in [0.717, 1.165) is 13.1 Å². The third-order valence-electron chi connectivity index (χ3n) is 2.22. The highest BCUT2D eigenvalue weighted by molar-refractivity contribution is 9.10. The van der Waals surface area contributed by atoms with Gasteiger partial charge in [-0.25, -0.2) is 0 Å². The fraction of sp³-hybridized carbons (Fsp3) is 0.455. The van der Waals surface area contributed by atoms with E-state index in [1.165, 1.54) is 15.6 Å². The lowest BCUT2D eigenvalue weighted by molar-refractivity contribution is 0.335. The first-order valence-electron chi connectivity index (χ1n) is 4.77. The molecule has 0 unspecified atom stereocenters. The van der Waals surface area contributed by atoms with Gasteiger partial charge in [-0.15, -0.1) is 0 Å². The van der Waals surface area contributed by atoms with Crippen LogP contribution in [0, 0.1) is 6.92 Å². The molecule has 0 atom stereocenters. The quantitative estimate of drug-likeness (QED) is 0.895. The topological polar surface area (TPSA) is 29.3 Å². The third kappa shape index (κ3) is 3.08. The van der Waals surface area contributed by atoms with E-state index in [0.29, 0.717) is 6.54 Å². The number of nitrogens with zero attached hydrogens (tertiary/aromatic N) is 1. The third-order valence-corrected chi connectivity index (χ3v) is 3.36. The Hall–Kier alpha value is -0.380. The van der Waals surface area contributed by atoms with Crippen LogP contribution in [-0.4, -0.2) is 25.0 Å². The van der Waals surface area contributed by atoms with Gasteiger partial charge in [0.25, 0.3) is 0 Å². The van der Waals surface area contributed by atoms with Crippen molar-refractivity contribution in [3.05, 3.63) is 33.8 Å². The molecule has 0 saturated heterocycles. The first kappa shape index (κ1) is 11.7. The van der Waals surface area contributed by atoms with Crippen LogP contribution < -0.4 is 5.73 Å². The van der Waals surface area contributed by atoms with E-state index < -0.39 is 0 Å². The predicted molar refractivity (Wildman–Crippen MR) is 64.3 cm³/mol. The number of hydrogen-bond acceptors (Lipinski definition) is 2. The van der Waals surface area contributed by atoms with Crippen LogP contribution in [-0.2, 0) is 6.54 Å². The average Bonchev–Trinajstić information content (AvgIpc) is 2.13. The lowest BCUT2D eigenvalue weighted by atomic mass is 10.1. The van der Waals surface area contributed by atoms with Crippen molar-refractivity contribution in [1.29, 1.82) is 0 Å². The second kappa shape index (κ2) is 5.49. The van der Waals surface area contributed by atoms with E-state index in [-0.39, 0.29) is 0 Å². The van der Waals surface area contributed by atoms with Gasteiger partial charge in [-0.3, -0.25) is 0 Å². The normalized spacial score (nSPS) is 10.9. The van der Waals surface area contributed by atoms with Crippen molar-refractivity contribution in [3.8, 4) is 0 Å². The molecule has 0 heterocycles. The molecule has 14 heavy (non-hydrogen) atoms. The molecule has 1 rings (SSSR count). The standard InChI is InChI=1S/C11H17BrN2/c1-9-4-3-5-10(11(9)12)8-14(2)7-6-13/h3-5H,6-8,13H2,1-2H3. The fourth-order valence-corrected chi connectivity index (χ4v) is 1.81. The molecule has 1 aromatic rings. The van der Waals surface area contributed by atoms with E-state index in [4.69, 9.17) is 5.73 Å². The fourth-order valence-electron chi connectivity index (χ4n) is 1.42. The summed E-state index contributed by atoms with van der Waals surface area (Å²) in [5.74, 6) is 0. The Bertz CT molecular complexity index is 299. The number of nitrogens with two attached hydrogens (primary N) is 1. The molecular formula is C11H17BrN2. The Morgan fingerprint density at radius 1 is 1.43 bits per heavy atom. The van der Waals surface area contributed by atoms with E-state index in [9.17, 15) is 0 Å².